The van der Waals surface area contributed by atoms with E-state index >= 15 is 0 Å². The Morgan fingerprint density at radius 1 is 1.07 bits per heavy atom. The lowest BCUT2D eigenvalue weighted by Gasteiger charge is -2.25. The van der Waals surface area contributed by atoms with Crippen LogP contribution < -0.4 is 10.6 Å². The first-order chi connectivity index (χ1) is 14.7. The van der Waals surface area contributed by atoms with Gasteiger partial charge in [0.05, 0.1) is 17.8 Å². The third kappa shape index (κ3) is 3.87. The van der Waals surface area contributed by atoms with Crippen LogP contribution >= 0.6 is 11.3 Å². The number of thiazole rings is 1. The van der Waals surface area contributed by atoms with Gasteiger partial charge in [-0.15, -0.1) is 0 Å². The van der Waals surface area contributed by atoms with Gasteiger partial charge in [0.15, 0.2) is 5.13 Å². The average molecular weight is 422 g/mol. The van der Waals surface area contributed by atoms with Crippen LogP contribution in [0.5, 0.6) is 0 Å². The predicted octanol–water partition coefficient (Wildman–Crippen LogP) is 3.95. The third-order valence-electron chi connectivity index (χ3n) is 5.75. The molecule has 5 rings (SSSR count). The zero-order valence-corrected chi connectivity index (χ0v) is 17.4. The fraction of sp³-hybridized carbons (Fsp3) is 0.364. The summed E-state index contributed by atoms with van der Waals surface area (Å²) in [5.41, 5.74) is 2.24. The number of amides is 3. The van der Waals surface area contributed by atoms with Crippen molar-refractivity contribution in [1.82, 2.24) is 20.2 Å². The van der Waals surface area contributed by atoms with Gasteiger partial charge in [-0.3, -0.25) is 10.1 Å². The van der Waals surface area contributed by atoms with Crippen molar-refractivity contribution in [2.75, 3.05) is 11.9 Å². The van der Waals surface area contributed by atoms with Crippen molar-refractivity contribution in [2.24, 2.45) is 0 Å². The Kier molecular flexibility index (Phi) is 5.08. The van der Waals surface area contributed by atoms with Crippen LogP contribution in [0.3, 0.4) is 0 Å². The van der Waals surface area contributed by atoms with Gasteiger partial charge in [-0.25, -0.2) is 14.8 Å². The second-order valence-corrected chi connectivity index (χ2v) is 8.92. The fourth-order valence-electron chi connectivity index (χ4n) is 4.16. The molecule has 0 saturated heterocycles. The van der Waals surface area contributed by atoms with Crippen LogP contribution in [0.25, 0.3) is 10.9 Å². The molecule has 0 unspecified atom stereocenters. The van der Waals surface area contributed by atoms with Gasteiger partial charge in [0, 0.05) is 29.3 Å². The number of rotatable bonds is 3. The van der Waals surface area contributed by atoms with Crippen LogP contribution in [0.1, 0.15) is 46.7 Å². The highest BCUT2D eigenvalue weighted by molar-refractivity contribution is 7.15. The summed E-state index contributed by atoms with van der Waals surface area (Å²) in [6, 6.07) is 11.6. The second-order valence-electron chi connectivity index (χ2n) is 7.83. The minimum absolute atomic E-state index is 0.0757. The number of benzene rings is 1. The van der Waals surface area contributed by atoms with Gasteiger partial charge in [0.2, 0.25) is 0 Å². The van der Waals surface area contributed by atoms with Crippen molar-refractivity contribution < 1.29 is 9.59 Å². The van der Waals surface area contributed by atoms with Crippen LogP contribution in [0.4, 0.5) is 9.93 Å². The predicted molar refractivity (Wildman–Crippen MR) is 117 cm³/mol. The molecule has 0 radical (unpaired) electrons. The molecule has 8 heteroatoms. The molecule has 1 aliphatic carbocycles. The first-order valence-electron chi connectivity index (χ1n) is 10.4. The van der Waals surface area contributed by atoms with Crippen LogP contribution in [0.2, 0.25) is 0 Å². The maximum atomic E-state index is 13.0. The zero-order valence-electron chi connectivity index (χ0n) is 16.6. The van der Waals surface area contributed by atoms with Gasteiger partial charge >= 0.3 is 6.03 Å². The number of aromatic nitrogens is 2. The van der Waals surface area contributed by atoms with Crippen molar-refractivity contribution in [2.45, 2.75) is 44.7 Å². The summed E-state index contributed by atoms with van der Waals surface area (Å²) in [6.45, 7) is 1.09. The molecular formula is C22H23N5O2S. The Hall–Kier alpha value is -3.00. The summed E-state index contributed by atoms with van der Waals surface area (Å²) in [6.07, 6.45) is 5.11. The lowest BCUT2D eigenvalue weighted by molar-refractivity contribution is 0.0730. The molecule has 1 aromatic carbocycles. The van der Waals surface area contributed by atoms with Crippen molar-refractivity contribution in [1.29, 1.82) is 0 Å². The zero-order chi connectivity index (χ0) is 20.5. The molecule has 1 aliphatic heterocycles. The Bertz CT molecular complexity index is 1110. The summed E-state index contributed by atoms with van der Waals surface area (Å²) in [5.74, 6) is -0.0757. The molecule has 2 aliphatic rings. The van der Waals surface area contributed by atoms with Gasteiger partial charge in [-0.2, -0.15) is 0 Å². The molecular weight excluding hydrogens is 398 g/mol. The quantitative estimate of drug-likeness (QED) is 0.670. The number of hydrogen-bond acceptors (Lipinski definition) is 5. The lowest BCUT2D eigenvalue weighted by atomic mass is 10.1. The van der Waals surface area contributed by atoms with E-state index in [2.05, 4.69) is 20.6 Å². The molecule has 30 heavy (non-hydrogen) atoms. The van der Waals surface area contributed by atoms with E-state index < -0.39 is 0 Å². The number of urea groups is 1. The minimum Gasteiger partial charge on any atom is -0.335 e. The smallest absolute Gasteiger partial charge is 0.321 e. The number of pyridine rings is 1. The van der Waals surface area contributed by atoms with Crippen LogP contribution in [0, 0.1) is 0 Å². The molecule has 2 aromatic heterocycles. The summed E-state index contributed by atoms with van der Waals surface area (Å²) in [5, 5.41) is 7.49. The second kappa shape index (κ2) is 8.02. The fourth-order valence-corrected chi connectivity index (χ4v) is 5.18. The number of fused-ring (bicyclic) bond motifs is 2. The van der Waals surface area contributed by atoms with E-state index in [9.17, 15) is 9.59 Å². The Balaban J connectivity index is 1.26. The topological polar surface area (TPSA) is 87.2 Å². The average Bonchev–Trinajstić information content (AvgIpc) is 3.41. The largest absolute Gasteiger partial charge is 0.335 e. The maximum Gasteiger partial charge on any atom is 0.321 e. The van der Waals surface area contributed by atoms with Gasteiger partial charge in [-0.1, -0.05) is 48.4 Å². The summed E-state index contributed by atoms with van der Waals surface area (Å²) >= 11 is 1.44. The maximum absolute atomic E-state index is 13.0. The van der Waals surface area contributed by atoms with E-state index in [0.717, 1.165) is 34.3 Å². The van der Waals surface area contributed by atoms with Gasteiger partial charge < -0.3 is 10.2 Å². The molecule has 0 spiro atoms. The summed E-state index contributed by atoms with van der Waals surface area (Å²) in [7, 11) is 0. The highest BCUT2D eigenvalue weighted by Crippen LogP contribution is 2.29. The summed E-state index contributed by atoms with van der Waals surface area (Å²) in [4.78, 5) is 37.1. The Morgan fingerprint density at radius 3 is 2.77 bits per heavy atom. The van der Waals surface area contributed by atoms with Crippen LogP contribution in [-0.2, 0) is 13.0 Å². The van der Waals surface area contributed by atoms with E-state index in [1.807, 2.05) is 30.3 Å². The molecule has 3 aromatic rings. The van der Waals surface area contributed by atoms with Crippen molar-refractivity contribution in [3.05, 3.63) is 52.7 Å². The molecule has 1 fully saturated rings. The van der Waals surface area contributed by atoms with E-state index in [1.165, 1.54) is 24.2 Å². The Labute approximate surface area is 178 Å². The molecule has 2 N–H and O–H groups in total. The number of carbonyl (C=O) groups excluding carboxylic acids is 2. The summed E-state index contributed by atoms with van der Waals surface area (Å²) < 4.78 is 0. The van der Waals surface area contributed by atoms with Gasteiger partial charge in [0.25, 0.3) is 5.91 Å². The number of nitrogens with one attached hydrogen (secondary N) is 2. The molecule has 0 atom stereocenters. The van der Waals surface area contributed by atoms with Crippen LogP contribution in [-0.4, -0.2) is 39.4 Å². The number of anilines is 1. The Morgan fingerprint density at radius 2 is 1.90 bits per heavy atom. The monoisotopic (exact) mass is 421 g/mol. The van der Waals surface area contributed by atoms with E-state index in [4.69, 9.17) is 0 Å². The van der Waals surface area contributed by atoms with Crippen LogP contribution in [0.15, 0.2) is 36.4 Å². The number of carbonyl (C=O) groups is 2. The van der Waals surface area contributed by atoms with Crippen molar-refractivity contribution in [3.8, 4) is 0 Å². The minimum atomic E-state index is -0.193. The number of para-hydroxylation sites is 1. The molecule has 0 bridgehead atoms. The highest BCUT2D eigenvalue weighted by atomic mass is 32.1. The van der Waals surface area contributed by atoms with E-state index in [1.54, 1.807) is 11.0 Å². The molecule has 3 amide bonds. The first-order valence-corrected chi connectivity index (χ1v) is 11.2. The third-order valence-corrected chi connectivity index (χ3v) is 6.74. The molecule has 1 saturated carbocycles. The van der Waals surface area contributed by atoms with Crippen molar-refractivity contribution >= 4 is 39.3 Å². The SMILES string of the molecule is O=C(Nc1nc2c(s1)CN(C(=O)c1ccc3ccccc3n1)CC2)NC1CCCC1. The standard InChI is InChI=1S/C22H23N5O2S/c28-20(18-10-9-14-5-1-4-8-16(14)24-18)27-12-11-17-19(13-27)30-22(25-17)26-21(29)23-15-6-2-3-7-15/h1,4-5,8-10,15H,2-3,6-7,11-13H2,(H2,23,25,26,29). The highest BCUT2D eigenvalue weighted by Gasteiger charge is 2.26. The lowest BCUT2D eigenvalue weighted by Crippen LogP contribution is -2.36. The first kappa shape index (κ1) is 19.0. The molecule has 3 heterocycles. The van der Waals surface area contributed by atoms with Crippen molar-refractivity contribution in [3.63, 3.8) is 0 Å². The normalized spacial score (nSPS) is 16.5. The van der Waals surface area contributed by atoms with E-state index in [0.29, 0.717) is 30.3 Å². The number of nitrogens with zero attached hydrogens (tertiary/aromatic N) is 3. The molecule has 7 nitrogen and oxygen atoms in total. The van der Waals surface area contributed by atoms with Gasteiger partial charge in [0.1, 0.15) is 5.69 Å². The van der Waals surface area contributed by atoms with E-state index in [-0.39, 0.29) is 18.0 Å². The molecule has 154 valence electrons. The number of hydrogen-bond donors (Lipinski definition) is 2. The van der Waals surface area contributed by atoms with Gasteiger partial charge in [-0.05, 0) is 25.0 Å².